The van der Waals surface area contributed by atoms with Gasteiger partial charge in [-0.3, -0.25) is 9.89 Å². The van der Waals surface area contributed by atoms with Crippen LogP contribution in [0.2, 0.25) is 0 Å². The number of hydrogen-bond acceptors (Lipinski definition) is 6. The minimum absolute atomic E-state index is 0.0656. The fourth-order valence-corrected chi connectivity index (χ4v) is 6.94. The lowest BCUT2D eigenvalue weighted by atomic mass is 9.74. The molecule has 0 amide bonds. The van der Waals surface area contributed by atoms with Gasteiger partial charge in [0.2, 0.25) is 0 Å². The maximum atomic E-state index is 14.0. The van der Waals surface area contributed by atoms with Crippen molar-refractivity contribution in [3.63, 3.8) is 0 Å². The lowest BCUT2D eigenvalue weighted by molar-refractivity contribution is -0.138. The van der Waals surface area contributed by atoms with Crippen LogP contribution in [0.25, 0.3) is 0 Å². The van der Waals surface area contributed by atoms with Gasteiger partial charge in [-0.15, -0.1) is 0 Å². The summed E-state index contributed by atoms with van der Waals surface area (Å²) in [6, 6.07) is 17.4. The minimum Gasteiger partial charge on any atom is -0.341 e. The van der Waals surface area contributed by atoms with Gasteiger partial charge in [-0.2, -0.15) is 36.9 Å². The molecule has 1 saturated heterocycles. The number of rotatable bonds is 6. The second-order valence-corrected chi connectivity index (χ2v) is 13.0. The molecule has 1 N–H and O–H groups in total. The SMILES string of the molecule is Cc1ccc(N2C(=S)N(c3ccc(C#N)c(C(F)(F)F)c3)C(=NCCSC(=S)Nc3ccc(C#N)c(C(F)(F)F)c3)C23CCC3)cc1. The first-order valence-corrected chi connectivity index (χ1v) is 15.9. The van der Waals surface area contributed by atoms with Crippen molar-refractivity contribution in [3.8, 4) is 12.1 Å². The molecule has 3 aromatic carbocycles. The largest absolute Gasteiger partial charge is 0.417 e. The van der Waals surface area contributed by atoms with Gasteiger partial charge in [0.15, 0.2) is 5.11 Å². The number of thioether (sulfide) groups is 1. The van der Waals surface area contributed by atoms with E-state index in [1.165, 1.54) is 23.1 Å². The number of nitriles is 2. The number of aliphatic imine (C=N–C) groups is 1. The van der Waals surface area contributed by atoms with Crippen LogP contribution >= 0.6 is 36.2 Å². The van der Waals surface area contributed by atoms with Crippen molar-refractivity contribution in [2.24, 2.45) is 4.99 Å². The molecule has 0 atom stereocenters. The zero-order chi connectivity index (χ0) is 34.1. The molecule has 1 spiro atoms. The van der Waals surface area contributed by atoms with E-state index in [0.29, 0.717) is 24.4 Å². The van der Waals surface area contributed by atoms with Crippen molar-refractivity contribution in [1.29, 1.82) is 10.5 Å². The second-order valence-electron chi connectivity index (χ2n) is 10.8. The molecule has 0 unspecified atom stereocenters. The van der Waals surface area contributed by atoms with Crippen molar-refractivity contribution < 1.29 is 26.3 Å². The number of nitrogens with zero attached hydrogens (tertiary/aromatic N) is 5. The third-order valence-corrected chi connectivity index (χ3v) is 9.45. The molecule has 15 heteroatoms. The Kier molecular flexibility index (Phi) is 9.55. The van der Waals surface area contributed by atoms with E-state index in [1.807, 2.05) is 36.1 Å². The fourth-order valence-electron chi connectivity index (χ4n) is 5.54. The molecular formula is C32H24F6N6S3. The molecular weight excluding hydrogens is 679 g/mol. The lowest BCUT2D eigenvalue weighted by Gasteiger charge is -2.45. The smallest absolute Gasteiger partial charge is 0.341 e. The van der Waals surface area contributed by atoms with Gasteiger partial charge in [-0.25, -0.2) is 0 Å². The van der Waals surface area contributed by atoms with Gasteiger partial charge >= 0.3 is 12.4 Å². The number of nitrogens with one attached hydrogen (secondary N) is 1. The zero-order valence-electron chi connectivity index (χ0n) is 24.5. The first kappa shape index (κ1) is 34.2. The predicted molar refractivity (Wildman–Crippen MR) is 179 cm³/mol. The Labute approximate surface area is 281 Å². The molecule has 6 nitrogen and oxygen atoms in total. The normalized spacial score (nSPS) is 16.6. The second kappa shape index (κ2) is 13.1. The van der Waals surface area contributed by atoms with Crippen LogP contribution in [0.3, 0.4) is 0 Å². The summed E-state index contributed by atoms with van der Waals surface area (Å²) < 4.78 is 82.2. The minimum atomic E-state index is -4.78. The third kappa shape index (κ3) is 6.79. The molecule has 1 aliphatic heterocycles. The lowest BCUT2D eigenvalue weighted by Crippen LogP contribution is -2.55. The number of benzene rings is 3. The number of aryl methyl sites for hydroxylation is 1. The molecule has 2 aliphatic rings. The van der Waals surface area contributed by atoms with Gasteiger partial charge in [0.25, 0.3) is 0 Å². The number of amidine groups is 1. The van der Waals surface area contributed by atoms with Crippen LogP contribution in [0, 0.1) is 29.6 Å². The van der Waals surface area contributed by atoms with E-state index in [0.717, 1.165) is 53.7 Å². The van der Waals surface area contributed by atoms with Gasteiger partial charge in [0, 0.05) is 17.1 Å². The number of alkyl halides is 6. The molecule has 5 rings (SSSR count). The maximum absolute atomic E-state index is 14.0. The molecule has 1 aliphatic carbocycles. The predicted octanol–water partition coefficient (Wildman–Crippen LogP) is 8.84. The van der Waals surface area contributed by atoms with Gasteiger partial charge in [0.05, 0.1) is 46.6 Å². The molecule has 47 heavy (non-hydrogen) atoms. The molecule has 3 aromatic rings. The van der Waals surface area contributed by atoms with Crippen LogP contribution in [-0.4, -0.2) is 33.1 Å². The number of thiocarbonyl (C=S) groups is 2. The van der Waals surface area contributed by atoms with E-state index in [9.17, 15) is 31.6 Å². The highest BCUT2D eigenvalue weighted by molar-refractivity contribution is 8.23. The van der Waals surface area contributed by atoms with Crippen LogP contribution < -0.4 is 15.1 Å². The Morgan fingerprint density at radius 3 is 2.04 bits per heavy atom. The van der Waals surface area contributed by atoms with Gasteiger partial charge < -0.3 is 10.2 Å². The summed E-state index contributed by atoms with van der Waals surface area (Å²) >= 11 is 12.4. The Bertz CT molecular complexity index is 1840. The quantitative estimate of drug-likeness (QED) is 0.155. The van der Waals surface area contributed by atoms with Gasteiger partial charge in [-0.05, 0) is 86.9 Å². The maximum Gasteiger partial charge on any atom is 0.417 e. The van der Waals surface area contributed by atoms with E-state index in [4.69, 9.17) is 34.7 Å². The van der Waals surface area contributed by atoms with E-state index in [1.54, 1.807) is 6.07 Å². The fraction of sp³-hybridized carbons (Fsp3) is 0.281. The molecule has 0 radical (unpaired) electrons. The summed E-state index contributed by atoms with van der Waals surface area (Å²) in [6.07, 6.45) is -7.37. The van der Waals surface area contributed by atoms with E-state index in [-0.39, 0.29) is 27.4 Å². The first-order chi connectivity index (χ1) is 22.2. The monoisotopic (exact) mass is 702 g/mol. The summed E-state index contributed by atoms with van der Waals surface area (Å²) in [4.78, 5) is 8.31. The van der Waals surface area contributed by atoms with Gasteiger partial charge in [0.1, 0.15) is 15.7 Å². The summed E-state index contributed by atoms with van der Waals surface area (Å²) in [6.45, 7) is 2.10. The Morgan fingerprint density at radius 1 is 0.915 bits per heavy atom. The van der Waals surface area contributed by atoms with Crippen LogP contribution in [-0.2, 0) is 12.4 Å². The zero-order valence-corrected chi connectivity index (χ0v) is 27.0. The van der Waals surface area contributed by atoms with Crippen LogP contribution in [0.15, 0.2) is 65.7 Å². The first-order valence-electron chi connectivity index (χ1n) is 14.1. The van der Waals surface area contributed by atoms with Crippen molar-refractivity contribution in [2.45, 2.75) is 44.1 Å². The number of halogens is 6. The standard InChI is InChI=1S/C32H24F6N6S3/c1-19-3-8-23(9-4-19)44-29(46)43(24-10-6-21(18-40)26(16-24)32(36,37)38)27(30(44)11-2-12-30)41-13-14-47-28(45)42-22-7-5-20(17-39)25(15-22)31(33,34)35/h3-10,15-16H,2,11-14H2,1H3,(H,42,45). The summed E-state index contributed by atoms with van der Waals surface area (Å²) in [5.74, 6) is 0.758. The average Bonchev–Trinajstić information content (AvgIpc) is 3.27. The molecule has 0 bridgehead atoms. The Morgan fingerprint density at radius 2 is 1.49 bits per heavy atom. The number of hydrogen-bond donors (Lipinski definition) is 1. The average molecular weight is 703 g/mol. The van der Waals surface area contributed by atoms with Crippen molar-refractivity contribution in [3.05, 3.63) is 88.5 Å². The highest BCUT2D eigenvalue weighted by Gasteiger charge is 2.57. The van der Waals surface area contributed by atoms with E-state index >= 15 is 0 Å². The highest BCUT2D eigenvalue weighted by atomic mass is 32.2. The van der Waals surface area contributed by atoms with Crippen molar-refractivity contribution >= 4 is 68.5 Å². The molecule has 0 aromatic heterocycles. The molecule has 2 fully saturated rings. The third-order valence-electron chi connectivity index (χ3n) is 7.88. The van der Waals surface area contributed by atoms with Crippen LogP contribution in [0.1, 0.15) is 47.1 Å². The summed E-state index contributed by atoms with van der Waals surface area (Å²) in [5, 5.41) is 21.4. The molecule has 1 heterocycles. The Hall–Kier alpha value is -4.18. The van der Waals surface area contributed by atoms with E-state index in [2.05, 4.69) is 5.32 Å². The summed E-state index contributed by atoms with van der Waals surface area (Å²) in [7, 11) is 0. The van der Waals surface area contributed by atoms with Gasteiger partial charge in [-0.1, -0.05) is 41.7 Å². The molecule has 242 valence electrons. The van der Waals surface area contributed by atoms with Crippen LogP contribution in [0.5, 0.6) is 0 Å². The van der Waals surface area contributed by atoms with E-state index < -0.39 is 40.1 Å². The molecule has 1 saturated carbocycles. The van der Waals surface area contributed by atoms with Crippen molar-refractivity contribution in [2.75, 3.05) is 27.4 Å². The van der Waals surface area contributed by atoms with Crippen molar-refractivity contribution in [1.82, 2.24) is 0 Å². The highest BCUT2D eigenvalue weighted by Crippen LogP contribution is 2.49. The topological polar surface area (TPSA) is 78.4 Å². The summed E-state index contributed by atoms with van der Waals surface area (Å²) in [5.41, 5.74) is -1.93. The van der Waals surface area contributed by atoms with Crippen LogP contribution in [0.4, 0.5) is 43.4 Å². The Balaban J connectivity index is 1.43. The number of anilines is 3.